The number of allylic oxidation sites excluding steroid dienone is 24. The standard InChI is InChI=1S/C74H120O6/c1-4-7-10-13-16-19-22-24-26-28-30-32-33-34-35-36-37-38-39-40-41-43-44-46-48-50-52-55-58-61-64-67-73(76)79-70-71(69-78-72(75)66-63-60-57-54-21-18-15-12-9-6-3)80-74(77)68-65-62-59-56-53-51-49-47-45-42-31-29-27-25-23-20-17-14-11-8-5-2/h7-8,10-12,15-17,19-20,24-27,30-32,34-35,42,47,49,53,56,71H,4-6,9,13-14,18,21-23,28-29,33,36-41,43-46,48,50-52,54-55,57-70H2,1-3H3/b10-7-,11-8-,15-12-,19-16-,20-17-,26-24-,27-25-,32-30-,35-34-,42-31-,49-47-,56-53-. The third-order valence-electron chi connectivity index (χ3n) is 13.5. The van der Waals surface area contributed by atoms with Crippen LogP contribution in [0.1, 0.15) is 284 Å². The highest BCUT2D eigenvalue weighted by Crippen LogP contribution is 2.16. The second-order valence-corrected chi connectivity index (χ2v) is 21.3. The monoisotopic (exact) mass is 1100 g/mol. The van der Waals surface area contributed by atoms with E-state index in [-0.39, 0.29) is 37.5 Å². The van der Waals surface area contributed by atoms with Crippen LogP contribution >= 0.6 is 0 Å². The molecule has 0 aromatic heterocycles. The van der Waals surface area contributed by atoms with E-state index >= 15 is 0 Å². The van der Waals surface area contributed by atoms with Crippen LogP contribution in [0.4, 0.5) is 0 Å². The summed E-state index contributed by atoms with van der Waals surface area (Å²) in [5, 5.41) is 0. The van der Waals surface area contributed by atoms with Crippen LogP contribution in [0.5, 0.6) is 0 Å². The van der Waals surface area contributed by atoms with E-state index < -0.39 is 6.10 Å². The fourth-order valence-corrected chi connectivity index (χ4v) is 8.71. The lowest BCUT2D eigenvalue weighted by molar-refractivity contribution is -0.167. The lowest BCUT2D eigenvalue weighted by atomic mass is 10.0. The van der Waals surface area contributed by atoms with Gasteiger partial charge in [-0.3, -0.25) is 14.4 Å². The minimum absolute atomic E-state index is 0.102. The van der Waals surface area contributed by atoms with Crippen LogP contribution in [0.2, 0.25) is 0 Å². The van der Waals surface area contributed by atoms with Crippen molar-refractivity contribution in [3.05, 3.63) is 146 Å². The van der Waals surface area contributed by atoms with Gasteiger partial charge in [0.15, 0.2) is 6.10 Å². The first-order valence-electron chi connectivity index (χ1n) is 32.8. The molecule has 0 rings (SSSR count). The van der Waals surface area contributed by atoms with Crippen molar-refractivity contribution in [2.45, 2.75) is 290 Å². The molecule has 0 heterocycles. The van der Waals surface area contributed by atoms with Gasteiger partial charge >= 0.3 is 17.9 Å². The first-order chi connectivity index (χ1) is 39.5. The van der Waals surface area contributed by atoms with Crippen LogP contribution in [-0.2, 0) is 28.6 Å². The quantitative estimate of drug-likeness (QED) is 0.0261. The molecular formula is C74H120O6. The maximum atomic E-state index is 12.9. The SMILES string of the molecule is CC/C=C\C/C=C\C/C=C\C/C=C\C/C=C\C/C=C\CCCCC(=O)OC(COC(=O)CCCCCCC/C=C\CCC)COC(=O)CCCCCCCCCCCCCCCCC/C=C\C/C=C\C/C=C\C/C=C\C/C=C\CC. The Morgan fingerprint density at radius 1 is 0.263 bits per heavy atom. The first-order valence-corrected chi connectivity index (χ1v) is 32.8. The van der Waals surface area contributed by atoms with Crippen molar-refractivity contribution in [2.24, 2.45) is 0 Å². The van der Waals surface area contributed by atoms with Gasteiger partial charge in [-0.2, -0.15) is 0 Å². The van der Waals surface area contributed by atoms with E-state index in [9.17, 15) is 14.4 Å². The van der Waals surface area contributed by atoms with Gasteiger partial charge in [-0.15, -0.1) is 0 Å². The summed E-state index contributed by atoms with van der Waals surface area (Å²) in [6, 6.07) is 0. The zero-order valence-corrected chi connectivity index (χ0v) is 51.8. The molecule has 0 bridgehead atoms. The molecule has 80 heavy (non-hydrogen) atoms. The summed E-state index contributed by atoms with van der Waals surface area (Å²) in [5.41, 5.74) is 0. The molecule has 0 aliphatic carbocycles. The van der Waals surface area contributed by atoms with Crippen LogP contribution in [0.3, 0.4) is 0 Å². The van der Waals surface area contributed by atoms with Gasteiger partial charge in [-0.1, -0.05) is 276 Å². The van der Waals surface area contributed by atoms with Crippen molar-refractivity contribution in [3.8, 4) is 0 Å². The summed E-state index contributed by atoms with van der Waals surface area (Å²) in [6.45, 7) is 6.31. The fourth-order valence-electron chi connectivity index (χ4n) is 8.71. The second-order valence-electron chi connectivity index (χ2n) is 21.3. The molecule has 0 aromatic rings. The molecule has 452 valence electrons. The Kier molecular flexibility index (Phi) is 62.9. The van der Waals surface area contributed by atoms with Gasteiger partial charge in [0.1, 0.15) is 13.2 Å². The van der Waals surface area contributed by atoms with Gasteiger partial charge in [-0.25, -0.2) is 0 Å². The van der Waals surface area contributed by atoms with Crippen LogP contribution in [0.15, 0.2) is 146 Å². The van der Waals surface area contributed by atoms with Crippen LogP contribution in [0.25, 0.3) is 0 Å². The van der Waals surface area contributed by atoms with E-state index in [1.54, 1.807) is 0 Å². The van der Waals surface area contributed by atoms with E-state index in [1.165, 1.54) is 96.3 Å². The van der Waals surface area contributed by atoms with Gasteiger partial charge in [-0.05, 0) is 135 Å². The van der Waals surface area contributed by atoms with Gasteiger partial charge in [0.25, 0.3) is 0 Å². The number of esters is 3. The summed E-state index contributed by atoms with van der Waals surface area (Å²) >= 11 is 0. The molecule has 0 radical (unpaired) electrons. The molecular weight excluding hydrogens is 985 g/mol. The van der Waals surface area contributed by atoms with Crippen molar-refractivity contribution in [3.63, 3.8) is 0 Å². The molecule has 0 N–H and O–H groups in total. The highest BCUT2D eigenvalue weighted by molar-refractivity contribution is 5.71. The molecule has 1 unspecified atom stereocenters. The Balaban J connectivity index is 4.26. The minimum atomic E-state index is -0.810. The third-order valence-corrected chi connectivity index (χ3v) is 13.5. The van der Waals surface area contributed by atoms with E-state index in [0.717, 1.165) is 141 Å². The Hall–Kier alpha value is -4.71. The van der Waals surface area contributed by atoms with Gasteiger partial charge < -0.3 is 14.2 Å². The summed E-state index contributed by atoms with van der Waals surface area (Å²) < 4.78 is 16.8. The lowest BCUT2D eigenvalue weighted by Crippen LogP contribution is -2.30. The molecule has 6 heteroatoms. The van der Waals surface area contributed by atoms with Crippen molar-refractivity contribution in [2.75, 3.05) is 13.2 Å². The van der Waals surface area contributed by atoms with Gasteiger partial charge in [0.05, 0.1) is 0 Å². The fraction of sp³-hybridized carbons (Fsp3) is 0.635. The predicted octanol–water partition coefficient (Wildman–Crippen LogP) is 22.7. The molecule has 0 amide bonds. The van der Waals surface area contributed by atoms with Crippen molar-refractivity contribution in [1.29, 1.82) is 0 Å². The molecule has 0 saturated carbocycles. The summed E-state index contributed by atoms with van der Waals surface area (Å²) in [5.74, 6) is -0.956. The number of carbonyl (C=O) groups is 3. The average molecular weight is 1110 g/mol. The zero-order valence-electron chi connectivity index (χ0n) is 51.8. The van der Waals surface area contributed by atoms with Crippen molar-refractivity contribution in [1.82, 2.24) is 0 Å². The number of rotatable bonds is 58. The summed E-state index contributed by atoms with van der Waals surface area (Å²) in [7, 11) is 0. The zero-order chi connectivity index (χ0) is 57.8. The maximum Gasteiger partial charge on any atom is 0.306 e. The smallest absolute Gasteiger partial charge is 0.306 e. The van der Waals surface area contributed by atoms with Crippen LogP contribution < -0.4 is 0 Å². The highest BCUT2D eigenvalue weighted by atomic mass is 16.6. The summed E-state index contributed by atoms with van der Waals surface area (Å²) in [6.07, 6.45) is 95.9. The molecule has 0 aliphatic heterocycles. The number of hydrogen-bond acceptors (Lipinski definition) is 6. The molecule has 0 aliphatic rings. The number of unbranched alkanes of at least 4 members (excludes halogenated alkanes) is 23. The molecule has 0 spiro atoms. The van der Waals surface area contributed by atoms with E-state index in [0.29, 0.717) is 19.3 Å². The second kappa shape index (κ2) is 66.8. The van der Waals surface area contributed by atoms with E-state index in [4.69, 9.17) is 14.2 Å². The third kappa shape index (κ3) is 64.1. The number of carbonyl (C=O) groups excluding carboxylic acids is 3. The maximum absolute atomic E-state index is 12.9. The largest absolute Gasteiger partial charge is 0.462 e. The first kappa shape index (κ1) is 75.3. The Morgan fingerprint density at radius 2 is 0.487 bits per heavy atom. The topological polar surface area (TPSA) is 78.9 Å². The molecule has 0 aromatic carbocycles. The highest BCUT2D eigenvalue weighted by Gasteiger charge is 2.19. The van der Waals surface area contributed by atoms with Crippen molar-refractivity contribution >= 4 is 17.9 Å². The summed E-state index contributed by atoms with van der Waals surface area (Å²) in [4.78, 5) is 38.2. The minimum Gasteiger partial charge on any atom is -0.462 e. The van der Waals surface area contributed by atoms with Gasteiger partial charge in [0, 0.05) is 19.3 Å². The van der Waals surface area contributed by atoms with Crippen LogP contribution in [-0.4, -0.2) is 37.2 Å². The normalized spacial score (nSPS) is 13.1. The van der Waals surface area contributed by atoms with Gasteiger partial charge in [0.2, 0.25) is 0 Å². The van der Waals surface area contributed by atoms with Crippen LogP contribution in [0, 0.1) is 0 Å². The van der Waals surface area contributed by atoms with E-state index in [1.807, 2.05) is 0 Å². The molecule has 1 atom stereocenters. The molecule has 0 saturated heterocycles. The molecule has 6 nitrogen and oxygen atoms in total. The lowest BCUT2D eigenvalue weighted by Gasteiger charge is -2.18. The predicted molar refractivity (Wildman–Crippen MR) is 348 cm³/mol. The average Bonchev–Trinajstić information content (AvgIpc) is 3.46. The van der Waals surface area contributed by atoms with E-state index in [2.05, 4.69) is 167 Å². The Morgan fingerprint density at radius 3 is 0.800 bits per heavy atom. The Bertz CT molecular complexity index is 1750. The number of hydrogen-bond donors (Lipinski definition) is 0. The number of ether oxygens (including phenoxy) is 3. The molecule has 0 fully saturated rings. The Labute approximate surface area is 493 Å². The van der Waals surface area contributed by atoms with Crippen molar-refractivity contribution < 1.29 is 28.6 Å².